The molecule has 84 valence electrons. The topological polar surface area (TPSA) is 26.3 Å². The number of hydrogen-bond acceptors (Lipinski definition) is 3. The Labute approximate surface area is 99.6 Å². The normalized spacial score (nSPS) is 14.3. The Balaban J connectivity index is 2.17. The Morgan fingerprint density at radius 3 is 3.00 bits per heavy atom. The monoisotopic (exact) mass is 234 g/mol. The number of aryl methyl sites for hydroxylation is 2. The molecule has 1 aromatic heterocycles. The van der Waals surface area contributed by atoms with Crippen LogP contribution < -0.4 is 0 Å². The van der Waals surface area contributed by atoms with E-state index in [0.29, 0.717) is 0 Å². The highest BCUT2D eigenvalue weighted by molar-refractivity contribution is 7.12. The van der Waals surface area contributed by atoms with Gasteiger partial charge >= 0.3 is 5.97 Å². The molecule has 0 spiro atoms. The zero-order valence-corrected chi connectivity index (χ0v) is 10.2. The smallest absolute Gasteiger partial charge is 0.384 e. The van der Waals surface area contributed by atoms with Gasteiger partial charge in [0.25, 0.3) is 0 Å². The third-order valence-electron chi connectivity index (χ3n) is 2.72. The molecule has 0 saturated carbocycles. The second kappa shape index (κ2) is 5.18. The fraction of sp³-hybridized carbons (Fsp3) is 0.462. The van der Waals surface area contributed by atoms with Gasteiger partial charge in [-0.3, -0.25) is 0 Å². The minimum Gasteiger partial charge on any atom is -0.459 e. The van der Waals surface area contributed by atoms with E-state index in [0.717, 1.165) is 11.3 Å². The molecule has 0 unspecified atom stereocenters. The van der Waals surface area contributed by atoms with Gasteiger partial charge in [0.2, 0.25) is 0 Å². The third-order valence-corrected chi connectivity index (χ3v) is 3.87. The molecule has 3 heteroatoms. The largest absolute Gasteiger partial charge is 0.459 e. The molecule has 1 aliphatic rings. The van der Waals surface area contributed by atoms with Crippen LogP contribution in [0.1, 0.15) is 34.6 Å². The van der Waals surface area contributed by atoms with Crippen molar-refractivity contribution in [2.45, 2.75) is 32.1 Å². The van der Waals surface area contributed by atoms with Gasteiger partial charge in [0.05, 0.1) is 12.0 Å². The van der Waals surface area contributed by atoms with Crippen molar-refractivity contribution >= 4 is 17.3 Å². The molecule has 1 aliphatic carbocycles. The van der Waals surface area contributed by atoms with Gasteiger partial charge in [0, 0.05) is 10.8 Å². The van der Waals surface area contributed by atoms with Crippen molar-refractivity contribution < 1.29 is 9.53 Å². The van der Waals surface area contributed by atoms with E-state index in [1.807, 2.05) is 0 Å². The average Bonchev–Trinajstić information content (AvgIpc) is 2.56. The quantitative estimate of drug-likeness (QED) is 0.392. The lowest BCUT2D eigenvalue weighted by Crippen LogP contribution is -1.93. The number of rotatable bonds is 0. The van der Waals surface area contributed by atoms with Gasteiger partial charge in [0.1, 0.15) is 0 Å². The molecule has 0 aromatic carbocycles. The molecule has 0 amide bonds. The Kier molecular flexibility index (Phi) is 3.63. The van der Waals surface area contributed by atoms with Crippen LogP contribution in [0.4, 0.5) is 0 Å². The van der Waals surface area contributed by atoms with Crippen LogP contribution in [-0.4, -0.2) is 13.1 Å². The van der Waals surface area contributed by atoms with Crippen LogP contribution >= 0.6 is 11.3 Å². The van der Waals surface area contributed by atoms with Crippen LogP contribution in [0.15, 0.2) is 6.07 Å². The summed E-state index contributed by atoms with van der Waals surface area (Å²) in [5.74, 6) is 4.87. The molecular formula is C13H14O2S. The number of methoxy groups -OCH3 is 1. The molecule has 0 N–H and O–H groups in total. The molecule has 0 fully saturated rings. The molecule has 0 bridgehead atoms. The van der Waals surface area contributed by atoms with Crippen molar-refractivity contribution in [3.05, 3.63) is 21.4 Å². The van der Waals surface area contributed by atoms with E-state index in [1.54, 1.807) is 11.3 Å². The number of thiophene rings is 1. The van der Waals surface area contributed by atoms with Gasteiger partial charge in [-0.15, -0.1) is 11.3 Å². The van der Waals surface area contributed by atoms with Crippen molar-refractivity contribution in [1.82, 2.24) is 0 Å². The van der Waals surface area contributed by atoms with Crippen LogP contribution in [0.25, 0.3) is 0 Å². The Morgan fingerprint density at radius 2 is 2.19 bits per heavy atom. The minimum atomic E-state index is -0.469. The van der Waals surface area contributed by atoms with E-state index >= 15 is 0 Å². The van der Waals surface area contributed by atoms with Crippen LogP contribution in [0.5, 0.6) is 0 Å². The Bertz CT molecular complexity index is 425. The Morgan fingerprint density at radius 1 is 1.38 bits per heavy atom. The van der Waals surface area contributed by atoms with Crippen molar-refractivity contribution in [3.8, 4) is 11.8 Å². The first-order valence-corrected chi connectivity index (χ1v) is 6.33. The van der Waals surface area contributed by atoms with E-state index < -0.39 is 5.97 Å². The number of hydrogen-bond donors (Lipinski definition) is 0. The van der Waals surface area contributed by atoms with Gasteiger partial charge in [-0.25, -0.2) is 4.79 Å². The Hall–Kier alpha value is -1.27. The SMILES string of the molecule is COC(=O)C#Cc1cc2c(s1)CCCCC2. The summed E-state index contributed by atoms with van der Waals surface area (Å²) < 4.78 is 4.49. The number of ether oxygens (including phenoxy) is 1. The second-order valence-electron chi connectivity index (χ2n) is 3.86. The minimum absolute atomic E-state index is 0.469. The van der Waals surface area contributed by atoms with Gasteiger partial charge in [-0.1, -0.05) is 6.42 Å². The van der Waals surface area contributed by atoms with E-state index in [-0.39, 0.29) is 0 Å². The maximum Gasteiger partial charge on any atom is 0.384 e. The number of fused-ring (bicyclic) bond motifs is 1. The lowest BCUT2D eigenvalue weighted by atomic mass is 10.1. The van der Waals surface area contributed by atoms with Crippen LogP contribution in [0.3, 0.4) is 0 Å². The third kappa shape index (κ3) is 2.65. The van der Waals surface area contributed by atoms with Crippen LogP contribution in [-0.2, 0) is 22.4 Å². The van der Waals surface area contributed by atoms with Gasteiger partial charge in [-0.2, -0.15) is 0 Å². The molecule has 0 radical (unpaired) electrons. The zero-order chi connectivity index (χ0) is 11.4. The van der Waals surface area contributed by atoms with E-state index in [1.165, 1.54) is 43.2 Å². The fourth-order valence-electron chi connectivity index (χ4n) is 1.89. The highest BCUT2D eigenvalue weighted by Crippen LogP contribution is 2.28. The summed E-state index contributed by atoms with van der Waals surface area (Å²) in [7, 11) is 1.35. The van der Waals surface area contributed by atoms with Crippen LogP contribution in [0, 0.1) is 11.8 Å². The first-order chi connectivity index (χ1) is 7.79. The summed E-state index contributed by atoms with van der Waals surface area (Å²) >= 11 is 1.72. The summed E-state index contributed by atoms with van der Waals surface area (Å²) in [6.45, 7) is 0. The van der Waals surface area contributed by atoms with Crippen molar-refractivity contribution in [2.75, 3.05) is 7.11 Å². The molecule has 2 rings (SSSR count). The van der Waals surface area contributed by atoms with Crippen molar-refractivity contribution in [3.63, 3.8) is 0 Å². The van der Waals surface area contributed by atoms with Gasteiger partial charge in [0.15, 0.2) is 0 Å². The lowest BCUT2D eigenvalue weighted by Gasteiger charge is -1.92. The van der Waals surface area contributed by atoms with Crippen molar-refractivity contribution in [1.29, 1.82) is 0 Å². The first kappa shape index (κ1) is 11.2. The second-order valence-corrected chi connectivity index (χ2v) is 5.00. The predicted octanol–water partition coefficient (Wildman–Crippen LogP) is 2.54. The summed E-state index contributed by atoms with van der Waals surface area (Å²) in [5.41, 5.74) is 1.43. The van der Waals surface area contributed by atoms with Gasteiger partial charge < -0.3 is 4.74 Å². The van der Waals surface area contributed by atoms with Gasteiger partial charge in [-0.05, 0) is 43.2 Å². The molecule has 1 heterocycles. The standard InChI is InChI=1S/C13H14O2S/c1-15-13(14)8-7-11-9-10-5-3-2-4-6-12(10)16-11/h9H,2-6H2,1H3. The highest BCUT2D eigenvalue weighted by Gasteiger charge is 2.11. The summed E-state index contributed by atoms with van der Waals surface area (Å²) in [4.78, 5) is 13.3. The van der Waals surface area contributed by atoms with E-state index in [9.17, 15) is 4.79 Å². The molecular weight excluding hydrogens is 220 g/mol. The maximum atomic E-state index is 10.9. The molecule has 2 nitrogen and oxygen atoms in total. The molecule has 0 atom stereocenters. The molecule has 0 aliphatic heterocycles. The summed E-state index contributed by atoms with van der Waals surface area (Å²) in [5, 5.41) is 0. The average molecular weight is 234 g/mol. The summed E-state index contributed by atoms with van der Waals surface area (Å²) in [6.07, 6.45) is 6.20. The van der Waals surface area contributed by atoms with E-state index in [2.05, 4.69) is 22.6 Å². The molecule has 0 saturated heterocycles. The first-order valence-electron chi connectivity index (χ1n) is 5.51. The number of esters is 1. The fourth-order valence-corrected chi connectivity index (χ4v) is 3.00. The molecule has 16 heavy (non-hydrogen) atoms. The zero-order valence-electron chi connectivity index (χ0n) is 9.34. The molecule has 1 aromatic rings. The van der Waals surface area contributed by atoms with E-state index in [4.69, 9.17) is 0 Å². The summed E-state index contributed by atoms with van der Waals surface area (Å²) in [6, 6.07) is 2.13. The lowest BCUT2D eigenvalue weighted by molar-refractivity contribution is -0.133. The van der Waals surface area contributed by atoms with Crippen molar-refractivity contribution in [2.24, 2.45) is 0 Å². The number of carbonyl (C=O) groups excluding carboxylic acids is 1. The maximum absolute atomic E-state index is 10.9. The predicted molar refractivity (Wildman–Crippen MR) is 64.5 cm³/mol. The number of carbonyl (C=O) groups is 1. The highest BCUT2D eigenvalue weighted by atomic mass is 32.1. The van der Waals surface area contributed by atoms with Crippen LogP contribution in [0.2, 0.25) is 0 Å².